The lowest BCUT2D eigenvalue weighted by molar-refractivity contribution is 0.966. The van der Waals surface area contributed by atoms with Gasteiger partial charge in [0.1, 0.15) is 0 Å². The van der Waals surface area contributed by atoms with Gasteiger partial charge in [0.05, 0.1) is 10.2 Å². The van der Waals surface area contributed by atoms with Gasteiger partial charge in [-0.25, -0.2) is 15.0 Å². The van der Waals surface area contributed by atoms with Gasteiger partial charge in [0.25, 0.3) is 0 Å². The molecule has 0 atom stereocenters. The summed E-state index contributed by atoms with van der Waals surface area (Å²) in [6.45, 7) is 0. The molecule has 16 heavy (non-hydrogen) atoms. The standard InChI is InChI=1S/C11H7N3S2/c1-2-5-9-8(4-1)14-11(15-9)16-10-12-6-3-7-13-10/h1-7H. The molecule has 0 aliphatic rings. The van der Waals surface area contributed by atoms with E-state index in [1.165, 1.54) is 16.5 Å². The summed E-state index contributed by atoms with van der Waals surface area (Å²) in [6.07, 6.45) is 3.48. The Hall–Kier alpha value is -1.46. The van der Waals surface area contributed by atoms with Gasteiger partial charge in [-0.3, -0.25) is 0 Å². The topological polar surface area (TPSA) is 38.7 Å². The van der Waals surface area contributed by atoms with Gasteiger partial charge in [-0.15, -0.1) is 11.3 Å². The van der Waals surface area contributed by atoms with Crippen molar-refractivity contribution < 1.29 is 0 Å². The SMILES string of the molecule is c1cnc(Sc2nc3ccccc3s2)nc1. The molecule has 0 saturated carbocycles. The molecular weight excluding hydrogens is 238 g/mol. The van der Waals surface area contributed by atoms with Gasteiger partial charge >= 0.3 is 0 Å². The molecule has 0 N–H and O–H groups in total. The summed E-state index contributed by atoms with van der Waals surface area (Å²) in [5, 5.41) is 0.738. The summed E-state index contributed by atoms with van der Waals surface area (Å²) < 4.78 is 2.17. The van der Waals surface area contributed by atoms with Crippen LogP contribution in [0.1, 0.15) is 0 Å². The second-order valence-corrected chi connectivity index (χ2v) is 5.33. The van der Waals surface area contributed by atoms with Gasteiger partial charge in [-0.1, -0.05) is 12.1 Å². The molecule has 0 amide bonds. The maximum absolute atomic E-state index is 4.51. The van der Waals surface area contributed by atoms with Crippen LogP contribution in [0, 0.1) is 0 Å². The van der Waals surface area contributed by atoms with E-state index in [0.29, 0.717) is 0 Å². The summed E-state index contributed by atoms with van der Waals surface area (Å²) >= 11 is 3.16. The first-order chi connectivity index (χ1) is 7.92. The van der Waals surface area contributed by atoms with Crippen molar-refractivity contribution in [3.05, 3.63) is 42.7 Å². The Morgan fingerprint density at radius 3 is 2.62 bits per heavy atom. The molecule has 2 aromatic heterocycles. The average Bonchev–Trinajstić information content (AvgIpc) is 2.72. The van der Waals surface area contributed by atoms with Crippen molar-refractivity contribution in [3.63, 3.8) is 0 Å². The van der Waals surface area contributed by atoms with Gasteiger partial charge in [-0.05, 0) is 30.0 Å². The molecule has 1 aromatic carbocycles. The minimum absolute atomic E-state index is 0.738. The van der Waals surface area contributed by atoms with Gasteiger partial charge in [0.2, 0.25) is 0 Å². The van der Waals surface area contributed by atoms with Crippen LogP contribution in [-0.4, -0.2) is 15.0 Å². The molecule has 78 valence electrons. The van der Waals surface area contributed by atoms with Gasteiger partial charge in [0, 0.05) is 12.4 Å². The Bertz CT molecular complexity index is 574. The molecule has 0 spiro atoms. The highest BCUT2D eigenvalue weighted by Gasteiger charge is 2.05. The number of hydrogen-bond donors (Lipinski definition) is 0. The smallest absolute Gasteiger partial charge is 0.194 e. The lowest BCUT2D eigenvalue weighted by Crippen LogP contribution is -1.81. The molecule has 0 aliphatic heterocycles. The molecular formula is C11H7N3S2. The Morgan fingerprint density at radius 1 is 1.00 bits per heavy atom. The maximum atomic E-state index is 4.51. The molecule has 0 fully saturated rings. The van der Waals surface area contributed by atoms with Crippen LogP contribution < -0.4 is 0 Å². The van der Waals surface area contributed by atoms with E-state index in [2.05, 4.69) is 21.0 Å². The van der Waals surface area contributed by atoms with E-state index in [1.54, 1.807) is 23.7 Å². The van der Waals surface area contributed by atoms with E-state index in [1.807, 2.05) is 24.3 Å². The third kappa shape index (κ3) is 1.91. The fraction of sp³-hybridized carbons (Fsp3) is 0. The van der Waals surface area contributed by atoms with E-state index in [4.69, 9.17) is 0 Å². The van der Waals surface area contributed by atoms with Crippen molar-refractivity contribution in [1.82, 2.24) is 15.0 Å². The van der Waals surface area contributed by atoms with Crippen LogP contribution in [0.25, 0.3) is 10.2 Å². The maximum Gasteiger partial charge on any atom is 0.194 e. The zero-order chi connectivity index (χ0) is 10.8. The lowest BCUT2D eigenvalue weighted by Gasteiger charge is -1.92. The number of nitrogens with zero attached hydrogens (tertiary/aromatic N) is 3. The largest absolute Gasteiger partial charge is 0.231 e. The first kappa shape index (κ1) is 9.74. The number of para-hydroxylation sites is 1. The molecule has 0 bridgehead atoms. The third-order valence-corrected chi connectivity index (χ3v) is 3.99. The zero-order valence-electron chi connectivity index (χ0n) is 8.20. The second kappa shape index (κ2) is 4.19. The van der Waals surface area contributed by atoms with E-state index < -0.39 is 0 Å². The number of thiazole rings is 1. The second-order valence-electron chi connectivity index (χ2n) is 3.08. The van der Waals surface area contributed by atoms with E-state index in [9.17, 15) is 0 Å². The molecule has 5 heteroatoms. The summed E-state index contributed by atoms with van der Waals surface area (Å²) in [7, 11) is 0. The summed E-state index contributed by atoms with van der Waals surface area (Å²) in [5.74, 6) is 0. The molecule has 0 aliphatic carbocycles. The van der Waals surface area contributed by atoms with Gasteiger partial charge < -0.3 is 0 Å². The first-order valence-corrected chi connectivity index (χ1v) is 6.35. The van der Waals surface area contributed by atoms with Crippen LogP contribution in [-0.2, 0) is 0 Å². The Kier molecular flexibility index (Phi) is 2.55. The summed E-state index contributed by atoms with van der Waals surface area (Å²) in [4.78, 5) is 12.8. The molecule has 3 aromatic rings. The summed E-state index contributed by atoms with van der Waals surface area (Å²) in [5.41, 5.74) is 1.03. The number of rotatable bonds is 2. The van der Waals surface area contributed by atoms with Crippen LogP contribution >= 0.6 is 23.1 Å². The molecule has 3 nitrogen and oxygen atoms in total. The van der Waals surface area contributed by atoms with Gasteiger partial charge in [0.15, 0.2) is 9.50 Å². The van der Waals surface area contributed by atoms with Crippen LogP contribution in [0.4, 0.5) is 0 Å². The number of aromatic nitrogens is 3. The molecule has 0 radical (unpaired) electrons. The highest BCUT2D eigenvalue weighted by molar-refractivity contribution is 8.01. The molecule has 0 saturated heterocycles. The van der Waals surface area contributed by atoms with Crippen LogP contribution in [0.15, 0.2) is 52.2 Å². The predicted molar refractivity (Wildman–Crippen MR) is 65.8 cm³/mol. The highest BCUT2D eigenvalue weighted by Crippen LogP contribution is 2.32. The van der Waals surface area contributed by atoms with Crippen molar-refractivity contribution in [2.75, 3.05) is 0 Å². The quantitative estimate of drug-likeness (QED) is 0.650. The average molecular weight is 245 g/mol. The normalized spacial score (nSPS) is 10.8. The molecule has 2 heterocycles. The number of fused-ring (bicyclic) bond motifs is 1. The van der Waals surface area contributed by atoms with Crippen molar-refractivity contribution >= 4 is 33.3 Å². The fourth-order valence-electron chi connectivity index (χ4n) is 1.31. The van der Waals surface area contributed by atoms with Crippen molar-refractivity contribution in [2.45, 2.75) is 9.50 Å². The number of benzene rings is 1. The van der Waals surface area contributed by atoms with E-state index in [-0.39, 0.29) is 0 Å². The minimum Gasteiger partial charge on any atom is -0.231 e. The minimum atomic E-state index is 0.738. The fourth-order valence-corrected chi connectivity index (χ4v) is 3.19. The van der Waals surface area contributed by atoms with Crippen molar-refractivity contribution in [2.24, 2.45) is 0 Å². The molecule has 3 rings (SSSR count). The van der Waals surface area contributed by atoms with Crippen molar-refractivity contribution in [3.8, 4) is 0 Å². The first-order valence-electron chi connectivity index (χ1n) is 4.72. The van der Waals surface area contributed by atoms with Crippen molar-refractivity contribution in [1.29, 1.82) is 0 Å². The Balaban J connectivity index is 1.95. The Labute approximate surface area is 101 Å². The van der Waals surface area contributed by atoms with E-state index in [0.717, 1.165) is 15.0 Å². The highest BCUT2D eigenvalue weighted by atomic mass is 32.2. The van der Waals surface area contributed by atoms with Crippen LogP contribution in [0.2, 0.25) is 0 Å². The van der Waals surface area contributed by atoms with Crippen LogP contribution in [0.5, 0.6) is 0 Å². The predicted octanol–water partition coefficient (Wildman–Crippen LogP) is 3.24. The lowest BCUT2D eigenvalue weighted by atomic mass is 10.3. The van der Waals surface area contributed by atoms with Crippen LogP contribution in [0.3, 0.4) is 0 Å². The zero-order valence-corrected chi connectivity index (χ0v) is 9.83. The van der Waals surface area contributed by atoms with Gasteiger partial charge in [-0.2, -0.15) is 0 Å². The molecule has 0 unspecified atom stereocenters. The monoisotopic (exact) mass is 245 g/mol. The Morgan fingerprint density at radius 2 is 1.81 bits per heavy atom. The third-order valence-electron chi connectivity index (χ3n) is 1.99. The summed E-state index contributed by atoms with van der Waals surface area (Å²) in [6, 6.07) is 9.91. The number of hydrogen-bond acceptors (Lipinski definition) is 5. The van der Waals surface area contributed by atoms with E-state index >= 15 is 0 Å².